The molecular formula is C8H15N5O. The van der Waals surface area contributed by atoms with Crippen molar-refractivity contribution in [3.63, 3.8) is 0 Å². The summed E-state index contributed by atoms with van der Waals surface area (Å²) in [5, 5.41) is 10.7. The molecule has 1 rings (SSSR count). The molecule has 0 aliphatic carbocycles. The van der Waals surface area contributed by atoms with Gasteiger partial charge in [0.25, 0.3) is 0 Å². The monoisotopic (exact) mass is 197 g/mol. The lowest BCUT2D eigenvalue weighted by molar-refractivity contribution is -0.119. The maximum Gasteiger partial charge on any atom is 0.234 e. The van der Waals surface area contributed by atoms with Crippen LogP contribution < -0.4 is 11.1 Å². The third-order valence-electron chi connectivity index (χ3n) is 2.03. The van der Waals surface area contributed by atoms with E-state index in [-0.39, 0.29) is 11.9 Å². The molecule has 1 amide bonds. The first-order valence-corrected chi connectivity index (χ1v) is 4.47. The molecule has 3 N–H and O–H groups in total. The second-order valence-electron chi connectivity index (χ2n) is 3.19. The van der Waals surface area contributed by atoms with Gasteiger partial charge in [-0.05, 0) is 6.92 Å². The van der Waals surface area contributed by atoms with E-state index < -0.39 is 0 Å². The molecule has 0 aliphatic heterocycles. The number of nitrogens with one attached hydrogen (secondary N) is 1. The summed E-state index contributed by atoms with van der Waals surface area (Å²) in [4.78, 5) is 10.7. The van der Waals surface area contributed by atoms with Crippen LogP contribution in [0, 0.1) is 0 Å². The van der Waals surface area contributed by atoms with Gasteiger partial charge in [-0.2, -0.15) is 0 Å². The Morgan fingerprint density at radius 1 is 1.79 bits per heavy atom. The van der Waals surface area contributed by atoms with Crippen molar-refractivity contribution < 1.29 is 4.79 Å². The zero-order valence-electron chi connectivity index (χ0n) is 8.40. The molecule has 6 heteroatoms. The fraction of sp³-hybridized carbons (Fsp3) is 0.625. The van der Waals surface area contributed by atoms with Crippen LogP contribution in [0.1, 0.15) is 12.7 Å². The summed E-state index contributed by atoms with van der Waals surface area (Å²) in [5.41, 5.74) is 5.09. The second kappa shape index (κ2) is 4.71. The molecule has 6 nitrogen and oxygen atoms in total. The minimum atomic E-state index is -0.344. The number of carbonyl (C=O) groups is 1. The summed E-state index contributed by atoms with van der Waals surface area (Å²) >= 11 is 0. The van der Waals surface area contributed by atoms with Crippen LogP contribution in [0.25, 0.3) is 0 Å². The van der Waals surface area contributed by atoms with E-state index in [2.05, 4.69) is 15.5 Å². The van der Waals surface area contributed by atoms with Gasteiger partial charge in [-0.3, -0.25) is 4.79 Å². The Morgan fingerprint density at radius 3 is 3.00 bits per heavy atom. The van der Waals surface area contributed by atoms with Crippen molar-refractivity contribution in [3.05, 3.63) is 12.2 Å². The Bertz CT molecular complexity index is 308. The Morgan fingerprint density at radius 2 is 2.50 bits per heavy atom. The smallest absolute Gasteiger partial charge is 0.234 e. The highest BCUT2D eigenvalue weighted by molar-refractivity contribution is 5.79. The number of hydrogen-bond acceptors (Lipinski definition) is 4. The van der Waals surface area contributed by atoms with Gasteiger partial charge < -0.3 is 15.6 Å². The number of carbonyl (C=O) groups excluding carboxylic acids is 1. The van der Waals surface area contributed by atoms with Gasteiger partial charge in [-0.1, -0.05) is 0 Å². The van der Waals surface area contributed by atoms with Gasteiger partial charge in [-0.25, -0.2) is 0 Å². The van der Waals surface area contributed by atoms with E-state index in [1.54, 1.807) is 13.3 Å². The standard InChI is InChI=1S/C8H15N5O/c1-6(8(9)14)10-4-3-7-12-11-5-13(7)2/h5-6,10H,3-4H2,1-2H3,(H2,9,14). The lowest BCUT2D eigenvalue weighted by Crippen LogP contribution is -2.39. The fourth-order valence-corrected chi connectivity index (χ4v) is 1.03. The van der Waals surface area contributed by atoms with Gasteiger partial charge in [-0.15, -0.1) is 10.2 Å². The lowest BCUT2D eigenvalue weighted by Gasteiger charge is -2.08. The number of nitrogens with zero attached hydrogens (tertiary/aromatic N) is 3. The van der Waals surface area contributed by atoms with Gasteiger partial charge >= 0.3 is 0 Å². The first-order valence-electron chi connectivity index (χ1n) is 4.47. The Hall–Kier alpha value is -1.43. The van der Waals surface area contributed by atoms with Gasteiger partial charge in [0, 0.05) is 20.0 Å². The Labute approximate surface area is 82.5 Å². The van der Waals surface area contributed by atoms with E-state index in [0.29, 0.717) is 6.54 Å². The molecule has 1 aromatic heterocycles. The SMILES string of the molecule is CC(NCCc1nncn1C)C(N)=O. The van der Waals surface area contributed by atoms with E-state index >= 15 is 0 Å². The second-order valence-corrected chi connectivity index (χ2v) is 3.19. The minimum Gasteiger partial charge on any atom is -0.368 e. The summed E-state index contributed by atoms with van der Waals surface area (Å²) in [6, 6.07) is -0.303. The normalized spacial score (nSPS) is 12.7. The van der Waals surface area contributed by atoms with Crippen molar-refractivity contribution in [1.82, 2.24) is 20.1 Å². The largest absolute Gasteiger partial charge is 0.368 e. The zero-order chi connectivity index (χ0) is 10.6. The van der Waals surface area contributed by atoms with Crippen molar-refractivity contribution >= 4 is 5.91 Å². The van der Waals surface area contributed by atoms with Crippen molar-refractivity contribution in [2.75, 3.05) is 6.54 Å². The van der Waals surface area contributed by atoms with Gasteiger partial charge in [0.2, 0.25) is 5.91 Å². The minimum absolute atomic E-state index is 0.303. The molecule has 0 fully saturated rings. The molecule has 1 heterocycles. The summed E-state index contributed by atoms with van der Waals surface area (Å²) in [5.74, 6) is 0.539. The maximum atomic E-state index is 10.7. The van der Waals surface area contributed by atoms with Gasteiger partial charge in [0.15, 0.2) is 0 Å². The topological polar surface area (TPSA) is 85.8 Å². The fourth-order valence-electron chi connectivity index (χ4n) is 1.03. The predicted octanol–water partition coefficient (Wildman–Crippen LogP) is -1.18. The van der Waals surface area contributed by atoms with Crippen LogP contribution in [-0.2, 0) is 18.3 Å². The molecule has 0 spiro atoms. The van der Waals surface area contributed by atoms with Crippen molar-refractivity contribution in [3.8, 4) is 0 Å². The summed E-state index contributed by atoms with van der Waals surface area (Å²) in [6.07, 6.45) is 2.38. The van der Waals surface area contributed by atoms with Crippen LogP contribution in [0.15, 0.2) is 6.33 Å². The molecule has 14 heavy (non-hydrogen) atoms. The molecule has 1 unspecified atom stereocenters. The highest BCUT2D eigenvalue weighted by Crippen LogP contribution is 1.91. The molecule has 1 atom stereocenters. The molecule has 0 aliphatic rings. The van der Waals surface area contributed by atoms with E-state index in [9.17, 15) is 4.79 Å². The number of amides is 1. The third kappa shape index (κ3) is 2.81. The van der Waals surface area contributed by atoms with E-state index in [1.807, 2.05) is 11.6 Å². The summed E-state index contributed by atoms with van der Waals surface area (Å²) in [6.45, 7) is 2.40. The molecule has 0 bridgehead atoms. The molecule has 0 aromatic carbocycles. The van der Waals surface area contributed by atoms with Crippen LogP contribution in [0.2, 0.25) is 0 Å². The van der Waals surface area contributed by atoms with Crippen LogP contribution >= 0.6 is 0 Å². The molecule has 0 radical (unpaired) electrons. The maximum absolute atomic E-state index is 10.7. The Balaban J connectivity index is 2.29. The molecule has 1 aromatic rings. The molecule has 0 saturated heterocycles. The van der Waals surface area contributed by atoms with Gasteiger partial charge in [0.1, 0.15) is 12.2 Å². The first kappa shape index (κ1) is 10.6. The van der Waals surface area contributed by atoms with Crippen molar-refractivity contribution in [1.29, 1.82) is 0 Å². The van der Waals surface area contributed by atoms with Crippen LogP contribution in [0.3, 0.4) is 0 Å². The summed E-state index contributed by atoms with van der Waals surface area (Å²) < 4.78 is 1.84. The van der Waals surface area contributed by atoms with Crippen LogP contribution in [0.4, 0.5) is 0 Å². The van der Waals surface area contributed by atoms with Crippen molar-refractivity contribution in [2.24, 2.45) is 12.8 Å². The first-order chi connectivity index (χ1) is 6.61. The Kier molecular flexibility index (Phi) is 3.58. The van der Waals surface area contributed by atoms with E-state index in [4.69, 9.17) is 5.73 Å². The lowest BCUT2D eigenvalue weighted by atomic mass is 10.3. The molecule has 0 saturated carbocycles. The summed E-state index contributed by atoms with van der Waals surface area (Å²) in [7, 11) is 1.88. The van der Waals surface area contributed by atoms with E-state index in [1.165, 1.54) is 0 Å². The average Bonchev–Trinajstić information content (AvgIpc) is 2.51. The molecular weight excluding hydrogens is 182 g/mol. The number of aryl methyl sites for hydroxylation is 1. The number of hydrogen-bond donors (Lipinski definition) is 2. The van der Waals surface area contributed by atoms with Crippen LogP contribution in [-0.4, -0.2) is 33.3 Å². The highest BCUT2D eigenvalue weighted by Gasteiger charge is 2.07. The van der Waals surface area contributed by atoms with E-state index in [0.717, 1.165) is 12.2 Å². The average molecular weight is 197 g/mol. The number of aromatic nitrogens is 3. The van der Waals surface area contributed by atoms with Crippen LogP contribution in [0.5, 0.6) is 0 Å². The third-order valence-corrected chi connectivity index (χ3v) is 2.03. The number of nitrogens with two attached hydrogens (primary N) is 1. The molecule has 78 valence electrons. The van der Waals surface area contributed by atoms with Gasteiger partial charge in [0.05, 0.1) is 6.04 Å². The number of rotatable bonds is 5. The predicted molar refractivity (Wildman–Crippen MR) is 51.4 cm³/mol. The highest BCUT2D eigenvalue weighted by atomic mass is 16.1. The quantitative estimate of drug-likeness (QED) is 0.622. The zero-order valence-corrected chi connectivity index (χ0v) is 8.40. The van der Waals surface area contributed by atoms with Crippen molar-refractivity contribution in [2.45, 2.75) is 19.4 Å². The number of primary amides is 1.